The standard InChI is InChI=1S/C35H42BrN3O6/c1-7-16-37(24-12-14-25(15-13-24)44-9-3)32(41)28-29-33(42)39(23(6)20-40)31(35(29)19-26(36)30(28)45-35)34(43)38(17-8-2)27-18-21(4)10-11-22(27)5/h7-8,10-15,18,23,26,28-31,40H,1-2,9,16-17,19-20H2,3-6H3/t23-,26?,28-,29+,30-,31?,35?/m1/s1. The molecule has 2 aromatic rings. The summed E-state index contributed by atoms with van der Waals surface area (Å²) in [5.74, 6) is -2.06. The Hall–Kier alpha value is -3.47. The molecule has 7 atom stereocenters. The van der Waals surface area contributed by atoms with E-state index in [4.69, 9.17) is 9.47 Å². The Morgan fingerprint density at radius 2 is 1.80 bits per heavy atom. The van der Waals surface area contributed by atoms with Crippen LogP contribution >= 0.6 is 15.9 Å². The van der Waals surface area contributed by atoms with Crippen molar-refractivity contribution in [3.8, 4) is 5.75 Å². The molecule has 0 saturated carbocycles. The first-order valence-corrected chi connectivity index (χ1v) is 16.4. The van der Waals surface area contributed by atoms with Crippen LogP contribution in [0.5, 0.6) is 5.75 Å². The zero-order valence-corrected chi connectivity index (χ0v) is 27.9. The highest BCUT2D eigenvalue weighted by Crippen LogP contribution is 2.61. The summed E-state index contributed by atoms with van der Waals surface area (Å²) in [4.78, 5) is 48.3. The molecular weight excluding hydrogens is 638 g/mol. The molecule has 3 fully saturated rings. The fraction of sp³-hybridized carbons (Fsp3) is 0.457. The molecule has 2 aromatic carbocycles. The second-order valence-corrected chi connectivity index (χ2v) is 13.3. The van der Waals surface area contributed by atoms with Gasteiger partial charge in [-0.25, -0.2) is 0 Å². The number of aliphatic hydroxyl groups excluding tert-OH is 1. The van der Waals surface area contributed by atoms with E-state index < -0.39 is 35.6 Å². The normalized spacial score (nSPS) is 27.2. The molecule has 3 aliphatic heterocycles. The largest absolute Gasteiger partial charge is 0.494 e. The molecular formula is C35H42BrN3O6. The van der Waals surface area contributed by atoms with Gasteiger partial charge >= 0.3 is 0 Å². The van der Waals surface area contributed by atoms with Crippen molar-refractivity contribution in [1.82, 2.24) is 4.90 Å². The molecule has 1 N–H and O–H groups in total. The zero-order chi connectivity index (χ0) is 32.6. The maximum absolute atomic E-state index is 14.8. The first-order chi connectivity index (χ1) is 21.5. The Balaban J connectivity index is 1.59. The summed E-state index contributed by atoms with van der Waals surface area (Å²) in [5.41, 5.74) is 1.96. The summed E-state index contributed by atoms with van der Waals surface area (Å²) < 4.78 is 12.3. The quantitative estimate of drug-likeness (QED) is 0.261. The van der Waals surface area contributed by atoms with E-state index in [0.29, 0.717) is 30.2 Å². The number of likely N-dealkylation sites (tertiary alicyclic amines) is 1. The fourth-order valence-electron chi connectivity index (χ4n) is 7.31. The predicted octanol–water partition coefficient (Wildman–Crippen LogP) is 4.57. The second kappa shape index (κ2) is 13.1. The van der Waals surface area contributed by atoms with Crippen LogP contribution in [0.15, 0.2) is 67.8 Å². The van der Waals surface area contributed by atoms with Crippen LogP contribution in [0.2, 0.25) is 0 Å². The summed E-state index contributed by atoms with van der Waals surface area (Å²) in [6.45, 7) is 15.9. The van der Waals surface area contributed by atoms with Crippen LogP contribution in [0.1, 0.15) is 31.4 Å². The molecule has 0 aliphatic carbocycles. The van der Waals surface area contributed by atoms with Crippen LogP contribution in [0.25, 0.3) is 0 Å². The number of nitrogens with zero attached hydrogens (tertiary/aromatic N) is 3. The minimum atomic E-state index is -1.27. The molecule has 0 radical (unpaired) electrons. The Bertz CT molecular complexity index is 1480. The third kappa shape index (κ3) is 5.51. The molecule has 0 aromatic heterocycles. The molecule has 3 heterocycles. The van der Waals surface area contributed by atoms with Crippen LogP contribution in [0.4, 0.5) is 11.4 Å². The highest BCUT2D eigenvalue weighted by molar-refractivity contribution is 9.09. The van der Waals surface area contributed by atoms with Crippen molar-refractivity contribution in [2.75, 3.05) is 36.1 Å². The maximum Gasteiger partial charge on any atom is 0.253 e. The molecule has 3 amide bonds. The van der Waals surface area contributed by atoms with E-state index in [-0.39, 0.29) is 42.2 Å². The molecule has 3 saturated heterocycles. The van der Waals surface area contributed by atoms with Crippen molar-refractivity contribution < 1.29 is 29.0 Å². The number of hydrogen-bond donors (Lipinski definition) is 1. The Morgan fingerprint density at radius 3 is 2.42 bits per heavy atom. The summed E-state index contributed by atoms with van der Waals surface area (Å²) in [6.07, 6.45) is 3.03. The van der Waals surface area contributed by atoms with Gasteiger partial charge in [0.25, 0.3) is 5.91 Å². The minimum Gasteiger partial charge on any atom is -0.494 e. The van der Waals surface area contributed by atoms with E-state index in [1.54, 1.807) is 41.0 Å². The van der Waals surface area contributed by atoms with Crippen LogP contribution in [0.3, 0.4) is 0 Å². The average molecular weight is 681 g/mol. The van der Waals surface area contributed by atoms with Crippen molar-refractivity contribution in [2.24, 2.45) is 11.8 Å². The summed E-state index contributed by atoms with van der Waals surface area (Å²) >= 11 is 3.76. The molecule has 240 valence electrons. The smallest absolute Gasteiger partial charge is 0.253 e. The van der Waals surface area contributed by atoms with Gasteiger partial charge in [0, 0.05) is 29.3 Å². The van der Waals surface area contributed by atoms with Crippen LogP contribution in [-0.4, -0.2) is 82.6 Å². The number of ether oxygens (including phenoxy) is 2. The van der Waals surface area contributed by atoms with E-state index in [2.05, 4.69) is 29.1 Å². The van der Waals surface area contributed by atoms with Crippen molar-refractivity contribution in [3.05, 3.63) is 78.9 Å². The number of aliphatic hydroxyl groups is 1. The third-order valence-electron chi connectivity index (χ3n) is 9.26. The van der Waals surface area contributed by atoms with Crippen molar-refractivity contribution >= 4 is 45.0 Å². The van der Waals surface area contributed by atoms with E-state index in [1.807, 2.05) is 51.1 Å². The minimum absolute atomic E-state index is 0.213. The number of halogens is 1. The van der Waals surface area contributed by atoms with E-state index in [1.165, 1.54) is 4.90 Å². The highest BCUT2D eigenvalue weighted by Gasteiger charge is 2.77. The lowest BCUT2D eigenvalue weighted by atomic mass is 9.70. The van der Waals surface area contributed by atoms with Gasteiger partial charge in [-0.2, -0.15) is 0 Å². The Kier molecular flexibility index (Phi) is 9.58. The van der Waals surface area contributed by atoms with Crippen LogP contribution < -0.4 is 14.5 Å². The lowest BCUT2D eigenvalue weighted by Gasteiger charge is -2.39. The topological polar surface area (TPSA) is 99.6 Å². The number of aryl methyl sites for hydroxylation is 2. The predicted molar refractivity (Wildman–Crippen MR) is 178 cm³/mol. The second-order valence-electron chi connectivity index (χ2n) is 12.1. The number of hydrogen-bond acceptors (Lipinski definition) is 6. The molecule has 5 rings (SSSR count). The monoisotopic (exact) mass is 679 g/mol. The van der Waals surface area contributed by atoms with E-state index in [9.17, 15) is 19.5 Å². The summed E-state index contributed by atoms with van der Waals surface area (Å²) in [7, 11) is 0. The summed E-state index contributed by atoms with van der Waals surface area (Å²) in [5, 5.41) is 10.3. The number of alkyl halides is 1. The van der Waals surface area contributed by atoms with Crippen molar-refractivity contribution in [1.29, 1.82) is 0 Å². The lowest BCUT2D eigenvalue weighted by Crippen LogP contribution is -2.59. The Morgan fingerprint density at radius 1 is 1.13 bits per heavy atom. The number of fused-ring (bicyclic) bond motifs is 1. The third-order valence-corrected chi connectivity index (χ3v) is 10.1. The highest BCUT2D eigenvalue weighted by atomic mass is 79.9. The summed E-state index contributed by atoms with van der Waals surface area (Å²) in [6, 6.07) is 11.4. The first kappa shape index (κ1) is 32.9. The van der Waals surface area contributed by atoms with Crippen LogP contribution in [0, 0.1) is 25.7 Å². The number of carbonyl (C=O) groups excluding carboxylic acids is 3. The first-order valence-electron chi connectivity index (χ1n) is 15.4. The zero-order valence-electron chi connectivity index (χ0n) is 26.3. The lowest BCUT2D eigenvalue weighted by molar-refractivity contribution is -0.143. The molecule has 45 heavy (non-hydrogen) atoms. The van der Waals surface area contributed by atoms with Crippen molar-refractivity contribution in [2.45, 2.75) is 62.7 Å². The number of rotatable bonds is 12. The number of amides is 3. The van der Waals surface area contributed by atoms with E-state index in [0.717, 1.165) is 11.1 Å². The molecule has 9 nitrogen and oxygen atoms in total. The van der Waals surface area contributed by atoms with Gasteiger partial charge < -0.3 is 29.3 Å². The van der Waals surface area contributed by atoms with Gasteiger partial charge in [0.05, 0.1) is 37.2 Å². The van der Waals surface area contributed by atoms with Gasteiger partial charge in [-0.15, -0.1) is 13.2 Å². The number of carbonyl (C=O) groups is 3. The fourth-order valence-corrected chi connectivity index (χ4v) is 8.25. The molecule has 3 aliphatic rings. The van der Waals surface area contributed by atoms with Gasteiger partial charge in [0.1, 0.15) is 17.4 Å². The number of benzene rings is 2. The molecule has 2 bridgehead atoms. The van der Waals surface area contributed by atoms with Gasteiger partial charge in [0.15, 0.2) is 0 Å². The van der Waals surface area contributed by atoms with Crippen molar-refractivity contribution in [3.63, 3.8) is 0 Å². The van der Waals surface area contributed by atoms with Gasteiger partial charge in [-0.3, -0.25) is 14.4 Å². The van der Waals surface area contributed by atoms with E-state index >= 15 is 0 Å². The number of anilines is 2. The average Bonchev–Trinajstić information content (AvgIpc) is 3.62. The SMILES string of the molecule is C=CCN(C(=O)[C@H]1[C@@H]2OC3(CC2Br)C(C(=O)N(CC=C)c2cc(C)ccc2C)N([C@H](C)CO)C(=O)[C@H]13)c1ccc(OCC)cc1. The van der Waals surface area contributed by atoms with Gasteiger partial charge in [-0.05, 0) is 75.6 Å². The van der Waals surface area contributed by atoms with Crippen LogP contribution in [-0.2, 0) is 19.1 Å². The van der Waals surface area contributed by atoms with Gasteiger partial charge in [-0.1, -0.05) is 40.2 Å². The molecule has 1 spiro atoms. The Labute approximate surface area is 273 Å². The molecule has 3 unspecified atom stereocenters. The van der Waals surface area contributed by atoms with Gasteiger partial charge in [0.2, 0.25) is 11.8 Å². The maximum atomic E-state index is 14.8. The molecule has 10 heteroatoms.